The summed E-state index contributed by atoms with van der Waals surface area (Å²) in [6.45, 7) is 2.68. The van der Waals surface area contributed by atoms with Gasteiger partial charge in [0, 0.05) is 40.6 Å². The van der Waals surface area contributed by atoms with Gasteiger partial charge >= 0.3 is 0 Å². The molecule has 4 rings (SSSR count). The quantitative estimate of drug-likeness (QED) is 0.303. The zero-order valence-corrected chi connectivity index (χ0v) is 20.4. The molecule has 1 aromatic heterocycles. The van der Waals surface area contributed by atoms with Crippen LogP contribution in [0.1, 0.15) is 12.6 Å². The number of nitrogens with zero attached hydrogens (tertiary/aromatic N) is 2. The molecular formula is C22H23ClN2O5S2. The number of fused-ring (bicyclic) bond motifs is 2. The normalized spacial score (nSPS) is 14.3. The van der Waals surface area contributed by atoms with Crippen LogP contribution in [0.2, 0.25) is 5.02 Å². The van der Waals surface area contributed by atoms with Gasteiger partial charge in [-0.1, -0.05) is 23.4 Å². The van der Waals surface area contributed by atoms with Crippen LogP contribution in [0.25, 0.3) is 17.0 Å². The molecule has 0 aliphatic carbocycles. The van der Waals surface area contributed by atoms with Crippen LogP contribution in [-0.4, -0.2) is 33.7 Å². The summed E-state index contributed by atoms with van der Waals surface area (Å²) in [5, 5.41) is 3.09. The van der Waals surface area contributed by atoms with Gasteiger partial charge in [0.15, 0.2) is 0 Å². The van der Waals surface area contributed by atoms with E-state index in [0.717, 1.165) is 34.5 Å². The highest BCUT2D eigenvalue weighted by atomic mass is 35.5. The molecule has 10 heteroatoms. The SMILES string of the molecule is CCOc1ccc2c(c1)S/C(=C\c1ccc3cc(Cl)ccc3[n+]1C)N2C.COS(=O)(=O)[O-]. The minimum Gasteiger partial charge on any atom is -0.726 e. The lowest BCUT2D eigenvalue weighted by molar-refractivity contribution is -0.646. The summed E-state index contributed by atoms with van der Waals surface area (Å²) in [5.41, 5.74) is 3.51. The second-order valence-electron chi connectivity index (χ2n) is 6.80. The number of benzene rings is 2. The predicted octanol–water partition coefficient (Wildman–Crippen LogP) is 4.35. The average molecular weight is 495 g/mol. The van der Waals surface area contributed by atoms with Gasteiger partial charge in [-0.3, -0.25) is 4.18 Å². The van der Waals surface area contributed by atoms with E-state index in [4.69, 9.17) is 16.3 Å². The Balaban J connectivity index is 0.000000427. The lowest BCUT2D eigenvalue weighted by Gasteiger charge is -2.13. The minimum absolute atomic E-state index is 0.679. The van der Waals surface area contributed by atoms with Gasteiger partial charge < -0.3 is 14.2 Å². The molecule has 0 atom stereocenters. The van der Waals surface area contributed by atoms with Crippen LogP contribution in [0, 0.1) is 0 Å². The molecule has 2 aromatic carbocycles. The molecule has 1 aliphatic rings. The van der Waals surface area contributed by atoms with Crippen LogP contribution >= 0.6 is 23.4 Å². The van der Waals surface area contributed by atoms with E-state index in [-0.39, 0.29) is 0 Å². The first-order chi connectivity index (χ1) is 15.1. The van der Waals surface area contributed by atoms with Gasteiger partial charge in [0.25, 0.3) is 0 Å². The zero-order chi connectivity index (χ0) is 23.5. The number of ether oxygens (including phenoxy) is 1. The Kier molecular flexibility index (Phi) is 7.68. The van der Waals surface area contributed by atoms with Crippen molar-refractivity contribution in [3.8, 4) is 5.75 Å². The predicted molar refractivity (Wildman–Crippen MR) is 127 cm³/mol. The minimum atomic E-state index is -4.41. The largest absolute Gasteiger partial charge is 0.726 e. The van der Waals surface area contributed by atoms with E-state index in [9.17, 15) is 13.0 Å². The lowest BCUT2D eigenvalue weighted by Crippen LogP contribution is -2.33. The number of aryl methyl sites for hydroxylation is 1. The van der Waals surface area contributed by atoms with Crippen molar-refractivity contribution >= 4 is 56.4 Å². The second kappa shape index (κ2) is 10.1. The Morgan fingerprint density at radius 3 is 2.56 bits per heavy atom. The molecule has 0 amide bonds. The zero-order valence-electron chi connectivity index (χ0n) is 18.0. The van der Waals surface area contributed by atoms with Crippen LogP contribution in [0.5, 0.6) is 5.75 Å². The van der Waals surface area contributed by atoms with Gasteiger partial charge in [-0.2, -0.15) is 4.57 Å². The van der Waals surface area contributed by atoms with Crippen LogP contribution in [0.15, 0.2) is 58.5 Å². The van der Waals surface area contributed by atoms with Crippen molar-refractivity contribution in [2.75, 3.05) is 25.7 Å². The first kappa shape index (κ1) is 24.3. The summed E-state index contributed by atoms with van der Waals surface area (Å²) in [6, 6.07) is 16.5. The fraction of sp³-hybridized carbons (Fsp3) is 0.227. The van der Waals surface area contributed by atoms with Crippen molar-refractivity contribution in [3.05, 3.63) is 64.3 Å². The van der Waals surface area contributed by atoms with Gasteiger partial charge in [-0.15, -0.1) is 0 Å². The number of aromatic nitrogens is 1. The first-order valence-corrected chi connectivity index (χ1v) is 12.2. The molecule has 32 heavy (non-hydrogen) atoms. The van der Waals surface area contributed by atoms with Crippen molar-refractivity contribution < 1.29 is 26.5 Å². The van der Waals surface area contributed by atoms with E-state index in [1.54, 1.807) is 11.8 Å². The standard InChI is InChI=1S/C21H20ClN2OS.CH4O4S/c1-4-25-17-8-10-19-20(13-17)26-21(24(19)3)12-16-7-5-14-11-15(22)6-9-18(14)23(16)2;1-5-6(2,3)4/h5-13H,4H2,1-3H3;1H3,(H,2,3,4)/q+1;/p-1. The number of anilines is 1. The summed E-state index contributed by atoms with van der Waals surface area (Å²) in [7, 11) is 0.585. The monoisotopic (exact) mass is 494 g/mol. The number of thioether (sulfide) groups is 1. The van der Waals surface area contributed by atoms with E-state index >= 15 is 0 Å². The Bertz CT molecular complexity index is 1280. The molecule has 2 heterocycles. The van der Waals surface area contributed by atoms with Crippen LogP contribution in [0.4, 0.5) is 5.69 Å². The molecule has 0 radical (unpaired) electrons. The summed E-state index contributed by atoms with van der Waals surface area (Å²) >= 11 is 7.88. The van der Waals surface area contributed by atoms with Crippen molar-refractivity contribution in [3.63, 3.8) is 0 Å². The number of hydrogen-bond acceptors (Lipinski definition) is 7. The Labute approximate surface area is 197 Å². The molecule has 170 valence electrons. The second-order valence-corrected chi connectivity index (χ2v) is 9.45. The summed E-state index contributed by atoms with van der Waals surface area (Å²) < 4.78 is 38.8. The fourth-order valence-electron chi connectivity index (χ4n) is 3.20. The molecule has 0 unspecified atom stereocenters. The van der Waals surface area contributed by atoms with E-state index in [2.05, 4.69) is 64.2 Å². The van der Waals surface area contributed by atoms with E-state index in [1.807, 2.05) is 25.1 Å². The van der Waals surface area contributed by atoms with Crippen LogP contribution in [-0.2, 0) is 21.6 Å². The average Bonchev–Trinajstić information content (AvgIpc) is 3.05. The maximum Gasteiger partial charge on any atom is 0.217 e. The number of hydrogen-bond donors (Lipinski definition) is 0. The topological polar surface area (TPSA) is 82.8 Å². The summed E-state index contributed by atoms with van der Waals surface area (Å²) in [6.07, 6.45) is 2.22. The number of pyridine rings is 1. The summed E-state index contributed by atoms with van der Waals surface area (Å²) in [4.78, 5) is 3.45. The van der Waals surface area contributed by atoms with Gasteiger partial charge in [0.1, 0.15) is 12.8 Å². The van der Waals surface area contributed by atoms with E-state index < -0.39 is 10.4 Å². The van der Waals surface area contributed by atoms with Crippen molar-refractivity contribution in [1.29, 1.82) is 0 Å². The molecule has 0 bridgehead atoms. The molecule has 0 spiro atoms. The first-order valence-electron chi connectivity index (χ1n) is 9.63. The molecule has 7 nitrogen and oxygen atoms in total. The van der Waals surface area contributed by atoms with Gasteiger partial charge in [0.2, 0.25) is 21.6 Å². The van der Waals surface area contributed by atoms with Crippen molar-refractivity contribution in [2.45, 2.75) is 11.8 Å². The fourth-order valence-corrected chi connectivity index (χ4v) is 4.50. The molecule has 3 aromatic rings. The van der Waals surface area contributed by atoms with Crippen LogP contribution < -0.4 is 14.2 Å². The van der Waals surface area contributed by atoms with Crippen molar-refractivity contribution in [1.82, 2.24) is 0 Å². The maximum atomic E-state index is 9.22. The highest BCUT2D eigenvalue weighted by molar-refractivity contribution is 8.03. The molecule has 0 N–H and O–H groups in total. The Morgan fingerprint density at radius 1 is 1.19 bits per heavy atom. The number of rotatable bonds is 4. The van der Waals surface area contributed by atoms with Crippen molar-refractivity contribution in [2.24, 2.45) is 7.05 Å². The lowest BCUT2D eigenvalue weighted by atomic mass is 10.2. The van der Waals surface area contributed by atoms with Gasteiger partial charge in [-0.25, -0.2) is 8.42 Å². The third-order valence-corrected chi connectivity index (χ3v) is 6.59. The molecule has 0 fully saturated rings. The van der Waals surface area contributed by atoms with Gasteiger partial charge in [-0.05, 0) is 43.3 Å². The number of halogens is 1. The third kappa shape index (κ3) is 5.73. The smallest absolute Gasteiger partial charge is 0.217 e. The molecule has 1 aliphatic heterocycles. The molecule has 0 saturated heterocycles. The highest BCUT2D eigenvalue weighted by Crippen LogP contribution is 2.46. The van der Waals surface area contributed by atoms with E-state index in [0.29, 0.717) is 6.61 Å². The highest BCUT2D eigenvalue weighted by Gasteiger charge is 2.24. The molecular weight excluding hydrogens is 472 g/mol. The Morgan fingerprint density at radius 2 is 1.91 bits per heavy atom. The maximum absolute atomic E-state index is 9.22. The van der Waals surface area contributed by atoms with Gasteiger partial charge in [0.05, 0.1) is 24.4 Å². The Hall–Kier alpha value is -2.30. The van der Waals surface area contributed by atoms with E-state index in [1.165, 1.54) is 15.6 Å². The summed E-state index contributed by atoms with van der Waals surface area (Å²) in [5.74, 6) is 0.918. The molecule has 0 saturated carbocycles. The van der Waals surface area contributed by atoms with Crippen LogP contribution in [0.3, 0.4) is 0 Å². The third-order valence-electron chi connectivity index (χ3n) is 4.80.